The molecule has 2 nitrogen and oxygen atoms in total. The number of esters is 1. The highest BCUT2D eigenvalue weighted by molar-refractivity contribution is 5.89. The molecule has 0 heterocycles. The lowest BCUT2D eigenvalue weighted by molar-refractivity contribution is 0.0600. The molecule has 0 amide bonds. The molecule has 0 aromatic heterocycles. The number of benzene rings is 1. The molecule has 0 saturated carbocycles. The predicted molar refractivity (Wildman–Crippen MR) is 46.8 cm³/mol. The SMILES string of the molecule is [CH2]Cc1ccc(C(=O)OC)cc1F. The lowest BCUT2D eigenvalue weighted by Gasteiger charge is -2.02. The van der Waals surface area contributed by atoms with Crippen LogP contribution in [0.15, 0.2) is 18.2 Å². The average Bonchev–Trinajstić information content (AvgIpc) is 2.16. The van der Waals surface area contributed by atoms with Crippen molar-refractivity contribution in [2.45, 2.75) is 6.42 Å². The normalized spacial score (nSPS) is 9.77. The maximum absolute atomic E-state index is 13.1. The van der Waals surface area contributed by atoms with Crippen LogP contribution >= 0.6 is 0 Å². The summed E-state index contributed by atoms with van der Waals surface area (Å²) in [6.07, 6.45) is 0.368. The molecule has 3 heteroatoms. The second-order valence-electron chi connectivity index (χ2n) is 2.55. The number of hydrogen-bond donors (Lipinski definition) is 0. The van der Waals surface area contributed by atoms with Gasteiger partial charge in [0.15, 0.2) is 0 Å². The van der Waals surface area contributed by atoms with Crippen molar-refractivity contribution in [1.29, 1.82) is 0 Å². The number of rotatable bonds is 2. The van der Waals surface area contributed by atoms with Gasteiger partial charge in [-0.1, -0.05) is 6.07 Å². The molecular formula is C10H10FO2. The van der Waals surface area contributed by atoms with Crippen molar-refractivity contribution in [3.05, 3.63) is 42.1 Å². The molecule has 1 aromatic carbocycles. The largest absolute Gasteiger partial charge is 0.465 e. The number of ether oxygens (including phenoxy) is 1. The Morgan fingerprint density at radius 3 is 2.77 bits per heavy atom. The van der Waals surface area contributed by atoms with Gasteiger partial charge in [0.25, 0.3) is 0 Å². The quantitative estimate of drug-likeness (QED) is 0.652. The molecule has 0 unspecified atom stereocenters. The van der Waals surface area contributed by atoms with Crippen LogP contribution < -0.4 is 0 Å². The van der Waals surface area contributed by atoms with E-state index in [9.17, 15) is 9.18 Å². The third-order valence-electron chi connectivity index (χ3n) is 1.74. The van der Waals surface area contributed by atoms with Gasteiger partial charge < -0.3 is 4.74 Å². The van der Waals surface area contributed by atoms with Crippen LogP contribution in [0.5, 0.6) is 0 Å². The van der Waals surface area contributed by atoms with Gasteiger partial charge in [-0.2, -0.15) is 0 Å². The Hall–Kier alpha value is -1.38. The van der Waals surface area contributed by atoms with Crippen molar-refractivity contribution in [3.8, 4) is 0 Å². The number of methoxy groups -OCH3 is 1. The predicted octanol–water partition coefficient (Wildman–Crippen LogP) is 1.99. The van der Waals surface area contributed by atoms with Crippen molar-refractivity contribution in [2.75, 3.05) is 7.11 Å². The second-order valence-corrected chi connectivity index (χ2v) is 2.55. The molecule has 0 bridgehead atoms. The summed E-state index contributed by atoms with van der Waals surface area (Å²) in [6, 6.07) is 4.22. The van der Waals surface area contributed by atoms with Gasteiger partial charge in [-0.05, 0) is 31.0 Å². The van der Waals surface area contributed by atoms with E-state index in [4.69, 9.17) is 0 Å². The first kappa shape index (κ1) is 9.71. The zero-order valence-electron chi connectivity index (χ0n) is 7.34. The van der Waals surface area contributed by atoms with Gasteiger partial charge in [-0.15, -0.1) is 0 Å². The number of carbonyl (C=O) groups excluding carboxylic acids is 1. The molecule has 0 fully saturated rings. The Balaban J connectivity index is 3.02. The van der Waals surface area contributed by atoms with Crippen molar-refractivity contribution in [1.82, 2.24) is 0 Å². The summed E-state index contributed by atoms with van der Waals surface area (Å²) >= 11 is 0. The molecule has 1 rings (SSSR count). The zero-order chi connectivity index (χ0) is 9.84. The van der Waals surface area contributed by atoms with Crippen LogP contribution in [0, 0.1) is 12.7 Å². The lowest BCUT2D eigenvalue weighted by Crippen LogP contribution is -2.02. The fourth-order valence-corrected chi connectivity index (χ4v) is 0.995. The lowest BCUT2D eigenvalue weighted by atomic mass is 10.1. The molecule has 0 N–H and O–H groups in total. The van der Waals surface area contributed by atoms with Crippen molar-refractivity contribution < 1.29 is 13.9 Å². The van der Waals surface area contributed by atoms with Gasteiger partial charge >= 0.3 is 5.97 Å². The standard InChI is InChI=1S/C10H10FO2/c1-3-7-4-5-8(6-9(7)11)10(12)13-2/h4-6H,1,3H2,2H3. The van der Waals surface area contributed by atoms with Crippen molar-refractivity contribution >= 4 is 5.97 Å². The van der Waals surface area contributed by atoms with E-state index in [1.165, 1.54) is 19.2 Å². The minimum atomic E-state index is -0.533. The average molecular weight is 181 g/mol. The summed E-state index contributed by atoms with van der Waals surface area (Å²) in [5.74, 6) is -0.951. The summed E-state index contributed by atoms with van der Waals surface area (Å²) in [4.78, 5) is 11.0. The van der Waals surface area contributed by atoms with Crippen LogP contribution in [-0.2, 0) is 11.2 Å². The van der Waals surface area contributed by atoms with E-state index < -0.39 is 11.8 Å². The fraction of sp³-hybridized carbons (Fsp3) is 0.200. The van der Waals surface area contributed by atoms with E-state index in [-0.39, 0.29) is 5.56 Å². The van der Waals surface area contributed by atoms with Gasteiger partial charge in [-0.25, -0.2) is 9.18 Å². The highest BCUT2D eigenvalue weighted by Gasteiger charge is 2.08. The Morgan fingerprint density at radius 2 is 2.31 bits per heavy atom. The number of halogens is 1. The molecule has 0 spiro atoms. The topological polar surface area (TPSA) is 26.3 Å². The first-order valence-corrected chi connectivity index (χ1v) is 3.85. The van der Waals surface area contributed by atoms with Crippen molar-refractivity contribution in [2.24, 2.45) is 0 Å². The highest BCUT2D eigenvalue weighted by atomic mass is 19.1. The Bertz CT molecular complexity index is 321. The minimum Gasteiger partial charge on any atom is -0.465 e. The monoisotopic (exact) mass is 181 g/mol. The summed E-state index contributed by atoms with van der Waals surface area (Å²) in [5, 5.41) is 0. The van der Waals surface area contributed by atoms with E-state index in [0.717, 1.165) is 6.07 Å². The molecular weight excluding hydrogens is 171 g/mol. The van der Waals surface area contributed by atoms with Crippen LogP contribution in [0.3, 0.4) is 0 Å². The van der Waals surface area contributed by atoms with Gasteiger partial charge in [0.1, 0.15) is 5.82 Å². The second kappa shape index (κ2) is 4.03. The van der Waals surface area contributed by atoms with E-state index in [1.54, 1.807) is 0 Å². The first-order valence-electron chi connectivity index (χ1n) is 3.85. The molecule has 69 valence electrons. The third kappa shape index (κ3) is 2.05. The molecule has 1 aromatic rings. The maximum atomic E-state index is 13.1. The zero-order valence-corrected chi connectivity index (χ0v) is 7.34. The van der Waals surface area contributed by atoms with E-state index in [1.807, 2.05) is 0 Å². The molecule has 1 radical (unpaired) electrons. The number of hydrogen-bond acceptors (Lipinski definition) is 2. The first-order chi connectivity index (χ1) is 6.19. The summed E-state index contributed by atoms with van der Waals surface area (Å²) in [5.41, 5.74) is 0.713. The summed E-state index contributed by atoms with van der Waals surface area (Å²) in [6.45, 7) is 3.56. The Kier molecular flexibility index (Phi) is 3.01. The van der Waals surface area contributed by atoms with Crippen LogP contribution in [-0.4, -0.2) is 13.1 Å². The molecule has 13 heavy (non-hydrogen) atoms. The van der Waals surface area contributed by atoms with Gasteiger partial charge in [0.05, 0.1) is 12.7 Å². The van der Waals surface area contributed by atoms with Gasteiger partial charge in [0.2, 0.25) is 0 Å². The van der Waals surface area contributed by atoms with E-state index in [2.05, 4.69) is 11.7 Å². The van der Waals surface area contributed by atoms with Crippen LogP contribution in [0.25, 0.3) is 0 Å². The highest BCUT2D eigenvalue weighted by Crippen LogP contribution is 2.11. The van der Waals surface area contributed by atoms with Crippen LogP contribution in [0.4, 0.5) is 4.39 Å². The van der Waals surface area contributed by atoms with Gasteiger partial charge in [0, 0.05) is 0 Å². The van der Waals surface area contributed by atoms with E-state index in [0.29, 0.717) is 12.0 Å². The minimum absolute atomic E-state index is 0.220. The van der Waals surface area contributed by atoms with Crippen LogP contribution in [0.1, 0.15) is 15.9 Å². The Morgan fingerprint density at radius 1 is 1.62 bits per heavy atom. The van der Waals surface area contributed by atoms with E-state index >= 15 is 0 Å². The summed E-state index contributed by atoms with van der Waals surface area (Å²) in [7, 11) is 1.26. The van der Waals surface area contributed by atoms with Crippen LogP contribution in [0.2, 0.25) is 0 Å². The maximum Gasteiger partial charge on any atom is 0.337 e. The molecule has 0 saturated heterocycles. The molecule has 0 atom stereocenters. The molecule has 0 aliphatic carbocycles. The third-order valence-corrected chi connectivity index (χ3v) is 1.74. The smallest absolute Gasteiger partial charge is 0.337 e. The van der Waals surface area contributed by atoms with Crippen molar-refractivity contribution in [3.63, 3.8) is 0 Å². The molecule has 0 aliphatic rings. The van der Waals surface area contributed by atoms with Gasteiger partial charge in [-0.3, -0.25) is 0 Å². The fourth-order valence-electron chi connectivity index (χ4n) is 0.995. The summed E-state index contributed by atoms with van der Waals surface area (Å²) < 4.78 is 17.5. The number of carbonyl (C=O) groups is 1. The Labute approximate surface area is 76.3 Å². The molecule has 0 aliphatic heterocycles.